The molecule has 1 radical (unpaired) electrons. The summed E-state index contributed by atoms with van der Waals surface area (Å²) in [6, 6.07) is 11.6. The van der Waals surface area contributed by atoms with E-state index in [-0.39, 0.29) is 99.9 Å². The topological polar surface area (TPSA) is 475 Å². The van der Waals surface area contributed by atoms with E-state index in [1.165, 1.54) is 17.8 Å². The molecule has 99 heavy (non-hydrogen) atoms. The number of hydrogen-bond acceptors (Lipinski definition) is 19. The minimum absolute atomic E-state index is 0. The number of allylic oxidation sites excluding steroid dienone is 6. The normalized spacial score (nSPS) is 31.8. The predicted molar refractivity (Wildman–Crippen MR) is 362 cm³/mol. The van der Waals surface area contributed by atoms with Crippen molar-refractivity contribution < 1.29 is 83.8 Å². The van der Waals surface area contributed by atoms with Crippen molar-refractivity contribution in [3.63, 3.8) is 0 Å². The first-order valence-corrected chi connectivity index (χ1v) is 34.3. The molecule has 7 amide bonds. The zero-order chi connectivity index (χ0) is 72.5. The summed E-state index contributed by atoms with van der Waals surface area (Å²) in [5.41, 5.74) is 31.8. The van der Waals surface area contributed by atoms with Gasteiger partial charge in [0.2, 0.25) is 41.4 Å². The molecule has 15 atom stereocenters. The average Bonchev–Trinajstić information content (AvgIpc) is 1.53. The Morgan fingerprint density at radius 1 is 0.798 bits per heavy atom. The summed E-state index contributed by atoms with van der Waals surface area (Å²) in [6.07, 6.45) is -4.67. The number of phosphoric ester groups is 1. The maximum atomic E-state index is 14.4. The molecular weight excluding hydrogens is 1340 g/mol. The van der Waals surface area contributed by atoms with Gasteiger partial charge in [0, 0.05) is 114 Å². The standard InChI is InChI=1S/C68H94N13O14P.CN.Co/c1-34-25-45-46(26-35(34)2)81(33-75-45)63-58(90)59(47(32-82)93-63)95-96(91,92)94-36(3)31-74-54(88)23-24-65(8)43(27-51(71)85)62-68(11)67(10,30-53(73)87)42(18-21-50(70)84)57(80-68)38(5)61-66(9,29-52(72)86)40(19-22-55(89)76-39-15-13-12-14-16-39)44(77-61)28-48-64(6,7)41(17-20-49(69)83)56(78-48)37(4)60(65)79-62;1-2;/h12-16,25-26,28,33,36,40-43,47,58-59,62-63,82,90H,17-24,27,29-32H2,1-11H3,(H14,69,70,71,72,73,74,76,77,78,79,80,83,84,85,86,87,88,89,91,92);;/q;-1;+2/p-2/t36-,40+,41+,42+,43-,47+,58+,59+,62+,63-,65+,66-,67-,68-;;/m0../s1. The van der Waals surface area contributed by atoms with Crippen molar-refractivity contribution in [2.24, 2.45) is 89.0 Å². The fourth-order valence-electron chi connectivity index (χ4n) is 16.1. The van der Waals surface area contributed by atoms with Gasteiger partial charge in [0.1, 0.15) is 18.3 Å². The van der Waals surface area contributed by atoms with E-state index in [0.29, 0.717) is 62.1 Å². The van der Waals surface area contributed by atoms with Crippen LogP contribution < -0.4 is 44.2 Å². The molecule has 0 saturated carbocycles. The van der Waals surface area contributed by atoms with Crippen LogP contribution >= 0.6 is 7.82 Å². The number of aromatic nitrogens is 2. The van der Waals surface area contributed by atoms with Gasteiger partial charge in [-0.25, -0.2) is 4.98 Å². The van der Waals surface area contributed by atoms with E-state index in [9.17, 15) is 53.2 Å². The number of para-hydroxylation sites is 1. The Bertz CT molecular complexity index is 3940. The van der Waals surface area contributed by atoms with Gasteiger partial charge >= 0.3 is 16.8 Å². The molecule has 9 rings (SSSR count). The van der Waals surface area contributed by atoms with Gasteiger partial charge in [0.05, 0.1) is 41.3 Å². The van der Waals surface area contributed by atoms with Crippen LogP contribution in [0.2, 0.25) is 0 Å². The largest absolute Gasteiger partial charge is 2.00 e. The van der Waals surface area contributed by atoms with Gasteiger partial charge in [-0.1, -0.05) is 58.9 Å². The molecule has 30 heteroatoms. The molecule has 2 aromatic carbocycles. The Balaban J connectivity index is 0.00000455. The van der Waals surface area contributed by atoms with Crippen molar-refractivity contribution in [1.29, 1.82) is 5.26 Å². The van der Waals surface area contributed by atoms with Gasteiger partial charge in [-0.15, -0.1) is 0 Å². The van der Waals surface area contributed by atoms with Crippen molar-refractivity contribution in [3.8, 4) is 0 Å². The Labute approximate surface area is 586 Å². The number of nitrogens with two attached hydrogens (primary N) is 5. The molecule has 0 aliphatic carbocycles. The molecule has 7 heterocycles. The van der Waals surface area contributed by atoms with Crippen LogP contribution in [0.5, 0.6) is 0 Å². The van der Waals surface area contributed by atoms with Crippen molar-refractivity contribution in [2.75, 3.05) is 18.5 Å². The number of aliphatic hydroxyl groups excluding tert-OH is 2. The van der Waals surface area contributed by atoms with Crippen LogP contribution in [-0.2, 0) is 68.7 Å². The average molecular weight is 1430 g/mol. The van der Waals surface area contributed by atoms with E-state index >= 15 is 0 Å². The fourth-order valence-corrected chi connectivity index (χ4v) is 17.2. The van der Waals surface area contributed by atoms with Gasteiger partial charge in [0.15, 0.2) is 6.23 Å². The van der Waals surface area contributed by atoms with E-state index in [4.69, 9.17) is 74.6 Å². The number of carbonyl (C=O) groups is 7. The Morgan fingerprint density at radius 3 is 2.02 bits per heavy atom. The number of phosphoric acid groups is 1. The molecule has 2 fully saturated rings. The van der Waals surface area contributed by atoms with Crippen LogP contribution in [-0.4, -0.2) is 127 Å². The fraction of sp³-hybridized carbons (Fsp3) is 0.565. The smallest absolute Gasteiger partial charge is 0.756 e. The second kappa shape index (κ2) is 30.6. The van der Waals surface area contributed by atoms with Gasteiger partial charge in [-0.2, -0.15) is 5.70 Å². The monoisotopic (exact) mass is 1430 g/mol. The number of fused-ring (bicyclic) bond motifs is 7. The van der Waals surface area contributed by atoms with Gasteiger partial charge in [-0.3, -0.25) is 53.1 Å². The van der Waals surface area contributed by atoms with E-state index in [1.807, 2.05) is 86.6 Å². The van der Waals surface area contributed by atoms with Crippen LogP contribution in [0.4, 0.5) is 5.69 Å². The summed E-state index contributed by atoms with van der Waals surface area (Å²) in [5.74, 6) is -7.12. The van der Waals surface area contributed by atoms with Gasteiger partial charge in [0.25, 0.3) is 7.82 Å². The van der Waals surface area contributed by atoms with Crippen LogP contribution in [0, 0.1) is 71.0 Å². The summed E-state index contributed by atoms with van der Waals surface area (Å²) >= 11 is 0. The molecule has 0 spiro atoms. The predicted octanol–water partition coefficient (Wildman–Crippen LogP) is 5.56. The maximum Gasteiger partial charge on any atom is 2.00 e. The van der Waals surface area contributed by atoms with Crippen LogP contribution in [0.25, 0.3) is 16.4 Å². The zero-order valence-corrected chi connectivity index (χ0v) is 59.7. The summed E-state index contributed by atoms with van der Waals surface area (Å²) in [4.78, 5) is 130. The second-order valence-corrected chi connectivity index (χ2v) is 29.8. The number of nitrogens with zero attached hydrogens (tertiary/aromatic N) is 7. The molecule has 1 unspecified atom stereocenters. The van der Waals surface area contributed by atoms with Crippen molar-refractivity contribution in [1.82, 2.24) is 14.9 Å². The minimum Gasteiger partial charge on any atom is -0.756 e. The van der Waals surface area contributed by atoms with Crippen molar-refractivity contribution >= 4 is 83.0 Å². The Hall–Kier alpha value is -7.78. The number of ether oxygens (including phenoxy) is 1. The minimum atomic E-state index is -5.33. The van der Waals surface area contributed by atoms with Crippen LogP contribution in [0.3, 0.4) is 0 Å². The van der Waals surface area contributed by atoms with Crippen molar-refractivity contribution in [3.05, 3.63) is 106 Å². The third kappa shape index (κ3) is 15.7. The van der Waals surface area contributed by atoms with Gasteiger partial charge < -0.3 is 89.9 Å². The third-order valence-electron chi connectivity index (χ3n) is 21.5. The molecule has 3 aromatic rings. The number of hydrogen-bond donors (Lipinski definition) is 9. The first kappa shape index (κ1) is 78.6. The molecule has 14 N–H and O–H groups in total. The maximum absolute atomic E-state index is 14.4. The van der Waals surface area contributed by atoms with E-state index in [2.05, 4.69) is 15.6 Å². The SMILES string of the molecule is C/C1=C2/[N-][C@H]([C@H](CC(N)=O)[C@@]2(C)CCC(=O)NC[C@H](C)OP(=O)([O-])O[C@H]2[C@@H](O)[C@@H](n3cnc4cc(C)c(C)cc43)O[C@@H]2CO)[C@]2(C)N=C(/C(C)=C3N=C(/C=C4N=C1[C@@H](CCC(N)=O)C\4(C)C)[C@@H](CCC(=O)Nc1ccccc1)[C@]\3(C)CC(N)=O)[C@@H](CCC(N)=O)[C@]2(C)CC(N)=O.[C-]#N.[Co+2]. The number of carbonyl (C=O) groups excluding carboxylic acids is 7. The van der Waals surface area contributed by atoms with Crippen LogP contribution in [0.1, 0.15) is 150 Å². The number of aliphatic imine (C=N–C) groups is 3. The Kier molecular flexibility index (Phi) is 24.3. The molecule has 1 aromatic heterocycles. The number of benzene rings is 2. The Morgan fingerprint density at radius 2 is 1.41 bits per heavy atom. The molecule has 28 nitrogen and oxygen atoms in total. The molecule has 6 aliphatic heterocycles. The quantitative estimate of drug-likeness (QED) is 0.0333. The number of anilines is 1. The third-order valence-corrected chi connectivity index (χ3v) is 22.6. The first-order chi connectivity index (χ1) is 45.9. The summed E-state index contributed by atoms with van der Waals surface area (Å²) < 4.78 is 32.0. The number of rotatable bonds is 27. The number of aliphatic hydroxyl groups is 2. The summed E-state index contributed by atoms with van der Waals surface area (Å²) in [7, 11) is -5.33. The number of nitrogens with one attached hydrogen (secondary N) is 2. The van der Waals surface area contributed by atoms with E-state index in [1.54, 1.807) is 31.2 Å². The number of amides is 7. The second-order valence-electron chi connectivity index (χ2n) is 28.4. The summed E-state index contributed by atoms with van der Waals surface area (Å²) in [6.45, 7) is 23.9. The molecule has 2 saturated heterocycles. The molecule has 8 bridgehead atoms. The molecule has 6 aliphatic rings. The molecular formula is C69H92CoN14O14P-. The number of imidazole rings is 1. The number of primary amides is 5. The van der Waals surface area contributed by atoms with E-state index < -0.39 is 137 Å². The first-order valence-electron chi connectivity index (χ1n) is 32.8. The van der Waals surface area contributed by atoms with Crippen molar-refractivity contribution in [2.45, 2.75) is 189 Å². The van der Waals surface area contributed by atoms with E-state index in [0.717, 1.165) is 11.1 Å². The number of aryl methyl sites for hydroxylation is 2. The molecule has 537 valence electrons. The van der Waals surface area contributed by atoms with Crippen LogP contribution in [0.15, 0.2) is 98.1 Å². The zero-order valence-electron chi connectivity index (χ0n) is 57.8. The summed E-state index contributed by atoms with van der Waals surface area (Å²) in [5, 5.41) is 39.5. The van der Waals surface area contributed by atoms with Gasteiger partial charge in [-0.05, 0) is 131 Å².